The van der Waals surface area contributed by atoms with Gasteiger partial charge in [-0.05, 0) is 23.0 Å². The third-order valence-electron chi connectivity index (χ3n) is 2.78. The van der Waals surface area contributed by atoms with Crippen molar-refractivity contribution < 1.29 is 0 Å². The summed E-state index contributed by atoms with van der Waals surface area (Å²) < 4.78 is 0. The van der Waals surface area contributed by atoms with Gasteiger partial charge in [0.1, 0.15) is 0 Å². The van der Waals surface area contributed by atoms with Crippen molar-refractivity contribution in [1.82, 2.24) is 0 Å². The van der Waals surface area contributed by atoms with E-state index in [4.69, 9.17) is 0 Å². The van der Waals surface area contributed by atoms with Gasteiger partial charge in [0.05, 0.1) is 0 Å². The zero-order chi connectivity index (χ0) is 10.6. The largest absolute Gasteiger partial charge is 0.0985 e. The zero-order valence-electron chi connectivity index (χ0n) is 9.51. The van der Waals surface area contributed by atoms with E-state index in [0.29, 0.717) is 0 Å². The summed E-state index contributed by atoms with van der Waals surface area (Å²) in [5, 5.41) is 0. The average molecular weight is 188 g/mol. The molecule has 0 saturated heterocycles. The Bertz CT molecular complexity index is 308. The molecule has 0 aromatic heterocycles. The van der Waals surface area contributed by atoms with E-state index in [9.17, 15) is 0 Å². The van der Waals surface area contributed by atoms with Crippen molar-refractivity contribution in [1.29, 1.82) is 0 Å². The Morgan fingerprint density at radius 1 is 1.29 bits per heavy atom. The molecule has 1 aromatic rings. The molecule has 0 atom stereocenters. The molecule has 0 spiro atoms. The molecule has 1 aromatic carbocycles. The predicted octanol–water partition coefficient (Wildman–Crippen LogP) is 4.41. The monoisotopic (exact) mass is 188 g/mol. The van der Waals surface area contributed by atoms with Crippen molar-refractivity contribution >= 4 is 6.08 Å². The molecule has 0 bridgehead atoms. The molecule has 0 radical (unpaired) electrons. The second kappa shape index (κ2) is 4.45. The van der Waals surface area contributed by atoms with Crippen molar-refractivity contribution in [3.63, 3.8) is 0 Å². The number of hydrogen-bond donors (Lipinski definition) is 0. The van der Waals surface area contributed by atoms with Gasteiger partial charge in [0.2, 0.25) is 0 Å². The molecule has 0 heterocycles. The molecule has 0 aliphatic rings. The number of rotatable bonds is 4. The third-order valence-corrected chi connectivity index (χ3v) is 2.78. The van der Waals surface area contributed by atoms with Gasteiger partial charge in [0.15, 0.2) is 0 Å². The van der Waals surface area contributed by atoms with Gasteiger partial charge >= 0.3 is 0 Å². The van der Waals surface area contributed by atoms with Crippen molar-refractivity contribution in [3.05, 3.63) is 42.0 Å². The van der Waals surface area contributed by atoms with Crippen LogP contribution in [0.5, 0.6) is 0 Å². The number of benzene rings is 1. The van der Waals surface area contributed by atoms with Gasteiger partial charge in [-0.2, -0.15) is 0 Å². The van der Waals surface area contributed by atoms with Crippen LogP contribution in [0.1, 0.15) is 44.7 Å². The van der Waals surface area contributed by atoms with Crippen LogP contribution in [0.15, 0.2) is 30.8 Å². The molecule has 1 rings (SSSR count). The first kappa shape index (κ1) is 11.0. The highest BCUT2D eigenvalue weighted by Crippen LogP contribution is 2.31. The van der Waals surface area contributed by atoms with Crippen molar-refractivity contribution in [2.24, 2.45) is 0 Å². The summed E-state index contributed by atoms with van der Waals surface area (Å²) in [6, 6.07) is 8.54. The molecule has 14 heavy (non-hydrogen) atoms. The topological polar surface area (TPSA) is 0 Å². The van der Waals surface area contributed by atoms with Crippen molar-refractivity contribution in [2.75, 3.05) is 0 Å². The second-order valence-corrected chi connectivity index (χ2v) is 4.43. The van der Waals surface area contributed by atoms with Crippen molar-refractivity contribution in [3.8, 4) is 0 Å². The molecule has 0 saturated carbocycles. The molecule has 0 unspecified atom stereocenters. The maximum absolute atomic E-state index is 3.87. The average Bonchev–Trinajstić information content (AvgIpc) is 2.18. The molecular formula is C14H20. The van der Waals surface area contributed by atoms with Gasteiger partial charge in [0.25, 0.3) is 0 Å². The fraction of sp³-hybridized carbons (Fsp3) is 0.429. The van der Waals surface area contributed by atoms with Crippen molar-refractivity contribution in [2.45, 2.75) is 39.0 Å². The third kappa shape index (κ3) is 2.25. The van der Waals surface area contributed by atoms with Crippen LogP contribution in [0, 0.1) is 0 Å². The molecule has 0 heteroatoms. The van der Waals surface area contributed by atoms with Gasteiger partial charge in [-0.15, -0.1) is 0 Å². The molecule has 0 aliphatic carbocycles. The molecule has 0 N–H and O–H groups in total. The molecule has 0 fully saturated rings. The van der Waals surface area contributed by atoms with Crippen LogP contribution in [0.3, 0.4) is 0 Å². The van der Waals surface area contributed by atoms with E-state index < -0.39 is 0 Å². The van der Waals surface area contributed by atoms with E-state index in [1.807, 2.05) is 6.08 Å². The molecular weight excluding hydrogens is 168 g/mol. The molecule has 0 amide bonds. The Morgan fingerprint density at radius 3 is 2.50 bits per heavy atom. The summed E-state index contributed by atoms with van der Waals surface area (Å²) in [5.41, 5.74) is 2.95. The Kier molecular flexibility index (Phi) is 3.51. The smallest absolute Gasteiger partial charge is 0.00977 e. The summed E-state index contributed by atoms with van der Waals surface area (Å²) in [4.78, 5) is 0. The fourth-order valence-electron chi connectivity index (χ4n) is 2.05. The maximum Gasteiger partial charge on any atom is -0.00977 e. The standard InChI is InChI=1S/C14H20/c1-5-11-14(3,4)13-10-8-7-9-12(13)6-2/h6-10H,2,5,11H2,1,3-4H3. The van der Waals surface area contributed by atoms with Gasteiger partial charge in [-0.1, -0.05) is 64.1 Å². The van der Waals surface area contributed by atoms with E-state index in [0.717, 1.165) is 0 Å². The zero-order valence-corrected chi connectivity index (χ0v) is 9.51. The van der Waals surface area contributed by atoms with Gasteiger partial charge in [-0.25, -0.2) is 0 Å². The minimum atomic E-state index is 0.263. The van der Waals surface area contributed by atoms with Crippen LogP contribution in [-0.2, 0) is 5.41 Å². The summed E-state index contributed by atoms with van der Waals surface area (Å²) in [7, 11) is 0. The second-order valence-electron chi connectivity index (χ2n) is 4.43. The minimum Gasteiger partial charge on any atom is -0.0985 e. The quantitative estimate of drug-likeness (QED) is 0.656. The van der Waals surface area contributed by atoms with Crippen LogP contribution in [0.4, 0.5) is 0 Å². The number of hydrogen-bond acceptors (Lipinski definition) is 0. The van der Waals surface area contributed by atoms with Crippen LogP contribution >= 0.6 is 0 Å². The van der Waals surface area contributed by atoms with E-state index in [-0.39, 0.29) is 5.41 Å². The van der Waals surface area contributed by atoms with E-state index in [1.54, 1.807) is 0 Å². The van der Waals surface area contributed by atoms with Crippen LogP contribution < -0.4 is 0 Å². The van der Waals surface area contributed by atoms with Gasteiger partial charge < -0.3 is 0 Å². The summed E-state index contributed by atoms with van der Waals surface area (Å²) in [5.74, 6) is 0. The van der Waals surface area contributed by atoms with Crippen LogP contribution in [0.25, 0.3) is 6.08 Å². The molecule has 76 valence electrons. The SMILES string of the molecule is C=Cc1ccccc1C(C)(C)CCC. The first-order valence-electron chi connectivity index (χ1n) is 5.33. The summed E-state index contributed by atoms with van der Waals surface area (Å²) in [6.07, 6.45) is 4.39. The minimum absolute atomic E-state index is 0.263. The first-order valence-corrected chi connectivity index (χ1v) is 5.33. The van der Waals surface area contributed by atoms with Gasteiger partial charge in [0, 0.05) is 0 Å². The lowest BCUT2D eigenvalue weighted by Crippen LogP contribution is -2.17. The fourth-order valence-corrected chi connectivity index (χ4v) is 2.05. The maximum atomic E-state index is 3.87. The lowest BCUT2D eigenvalue weighted by molar-refractivity contribution is 0.472. The Hall–Kier alpha value is -1.04. The lowest BCUT2D eigenvalue weighted by Gasteiger charge is -2.26. The van der Waals surface area contributed by atoms with Crippen LogP contribution in [-0.4, -0.2) is 0 Å². The Labute approximate surface area is 87.7 Å². The van der Waals surface area contributed by atoms with Gasteiger partial charge in [-0.3, -0.25) is 0 Å². The highest BCUT2D eigenvalue weighted by molar-refractivity contribution is 5.53. The van der Waals surface area contributed by atoms with E-state index >= 15 is 0 Å². The van der Waals surface area contributed by atoms with E-state index in [2.05, 4.69) is 51.6 Å². The first-order chi connectivity index (χ1) is 6.61. The lowest BCUT2D eigenvalue weighted by atomic mass is 9.78. The molecule has 0 nitrogen and oxygen atoms in total. The predicted molar refractivity (Wildman–Crippen MR) is 64.5 cm³/mol. The summed E-state index contributed by atoms with van der Waals surface area (Å²) >= 11 is 0. The summed E-state index contributed by atoms with van der Waals surface area (Å²) in [6.45, 7) is 10.7. The highest BCUT2D eigenvalue weighted by Gasteiger charge is 2.20. The molecule has 0 aliphatic heterocycles. The Morgan fingerprint density at radius 2 is 1.93 bits per heavy atom. The van der Waals surface area contributed by atoms with E-state index in [1.165, 1.54) is 24.0 Å². The van der Waals surface area contributed by atoms with Crippen LogP contribution in [0.2, 0.25) is 0 Å². The normalized spacial score (nSPS) is 11.4. The Balaban J connectivity index is 3.10. The highest BCUT2D eigenvalue weighted by atomic mass is 14.2.